The van der Waals surface area contributed by atoms with Crippen LogP contribution < -0.4 is 5.73 Å². The minimum absolute atomic E-state index is 0.708. The van der Waals surface area contributed by atoms with Crippen LogP contribution in [0.3, 0.4) is 0 Å². The highest BCUT2D eigenvalue weighted by Gasteiger charge is 2.10. The summed E-state index contributed by atoms with van der Waals surface area (Å²) in [4.78, 5) is 2.43. The van der Waals surface area contributed by atoms with Crippen LogP contribution in [0.25, 0.3) is 0 Å². The van der Waals surface area contributed by atoms with E-state index in [0.717, 1.165) is 26.1 Å². The molecule has 1 aliphatic rings. The topological polar surface area (TPSA) is 29.3 Å². The lowest BCUT2D eigenvalue weighted by atomic mass is 10.1. The second kappa shape index (κ2) is 5.10. The lowest BCUT2D eigenvalue weighted by molar-refractivity contribution is 0.285. The van der Waals surface area contributed by atoms with Gasteiger partial charge in [-0.05, 0) is 12.0 Å². The third-order valence-electron chi connectivity index (χ3n) is 2.86. The summed E-state index contributed by atoms with van der Waals surface area (Å²) in [5, 5.41) is 0. The van der Waals surface area contributed by atoms with Gasteiger partial charge in [-0.1, -0.05) is 42.0 Å². The molecule has 1 aliphatic heterocycles. The molecule has 0 spiro atoms. The molecule has 0 unspecified atom stereocenters. The van der Waals surface area contributed by atoms with Crippen molar-refractivity contribution in [2.75, 3.05) is 19.6 Å². The minimum atomic E-state index is 0.708. The first kappa shape index (κ1) is 9.13. The molecule has 0 aliphatic carbocycles. The van der Waals surface area contributed by atoms with E-state index in [9.17, 15) is 0 Å². The minimum Gasteiger partial charge on any atom is -0.327 e. The Labute approximate surface area is 92.9 Å². The fourth-order valence-electron chi connectivity index (χ4n) is 1.90. The first-order chi connectivity index (χ1) is 7.88. The fourth-order valence-corrected chi connectivity index (χ4v) is 1.90. The summed E-state index contributed by atoms with van der Waals surface area (Å²) in [6, 6.07) is 10.6. The zero-order chi connectivity index (χ0) is 11.2. The van der Waals surface area contributed by atoms with E-state index in [2.05, 4.69) is 47.0 Å². The van der Waals surface area contributed by atoms with Crippen molar-refractivity contribution in [2.45, 2.75) is 13.0 Å². The van der Waals surface area contributed by atoms with Gasteiger partial charge in [0.2, 0.25) is 0 Å². The maximum absolute atomic E-state index is 6.96. The Morgan fingerprint density at radius 1 is 1.33 bits per heavy atom. The number of hydrogen-bond acceptors (Lipinski definition) is 2. The average Bonchev–Trinajstić information content (AvgIpc) is 2.33. The van der Waals surface area contributed by atoms with Crippen molar-refractivity contribution < 1.29 is 1.41 Å². The van der Waals surface area contributed by atoms with Crippen LogP contribution >= 0.6 is 0 Å². The van der Waals surface area contributed by atoms with Gasteiger partial charge in [-0.15, -0.1) is 0 Å². The Hall–Kier alpha value is -1.12. The van der Waals surface area contributed by atoms with Gasteiger partial charge in [-0.3, -0.25) is 4.90 Å². The van der Waals surface area contributed by atoms with E-state index in [1.54, 1.807) is 0 Å². The van der Waals surface area contributed by atoms with E-state index in [1.165, 1.54) is 11.1 Å². The van der Waals surface area contributed by atoms with Crippen molar-refractivity contribution in [3.05, 3.63) is 47.5 Å². The van der Waals surface area contributed by atoms with E-state index in [1.807, 2.05) is 0 Å². The molecule has 2 N–H and O–H groups in total. The van der Waals surface area contributed by atoms with Crippen molar-refractivity contribution >= 4 is 0 Å². The molecule has 0 fully saturated rings. The molecule has 2 rings (SSSR count). The SMILES string of the molecule is [2H]NCC1=CCN(Cc2ccccc2)CC1. The number of hydrogen-bond donors (Lipinski definition) is 1. The molecule has 0 aromatic heterocycles. The van der Waals surface area contributed by atoms with Gasteiger partial charge >= 0.3 is 0 Å². The first-order valence-electron chi connectivity index (χ1n) is 5.97. The standard InChI is InChI=1S/C13H18N2/c14-10-12-6-8-15(9-7-12)11-13-4-2-1-3-5-13/h1-6H,7-11,14H2/i/hD. The summed E-state index contributed by atoms with van der Waals surface area (Å²) < 4.78 is 6.96. The van der Waals surface area contributed by atoms with E-state index in [4.69, 9.17) is 1.41 Å². The molecular formula is C13H18N2. The molecule has 80 valence electrons. The first-order valence-corrected chi connectivity index (χ1v) is 5.47. The largest absolute Gasteiger partial charge is 0.327 e. The normalized spacial score (nSPS) is 18.4. The molecule has 15 heavy (non-hydrogen) atoms. The van der Waals surface area contributed by atoms with Crippen LogP contribution in [0, 0.1) is 0 Å². The maximum Gasteiger partial charge on any atom is 0.119 e. The van der Waals surface area contributed by atoms with E-state index < -0.39 is 0 Å². The van der Waals surface area contributed by atoms with Gasteiger partial charge in [0.1, 0.15) is 1.41 Å². The van der Waals surface area contributed by atoms with Gasteiger partial charge in [0.15, 0.2) is 0 Å². The molecular weight excluding hydrogens is 184 g/mol. The summed E-state index contributed by atoms with van der Waals surface area (Å²) in [7, 11) is 0. The number of nitrogens with two attached hydrogens (primary N) is 1. The summed E-state index contributed by atoms with van der Waals surface area (Å²) in [6.07, 6.45) is 3.33. The fraction of sp³-hybridized carbons (Fsp3) is 0.385. The number of rotatable bonds is 4. The van der Waals surface area contributed by atoms with Crippen LogP contribution in [0.15, 0.2) is 42.0 Å². The Bertz CT molecular complexity index is 348. The van der Waals surface area contributed by atoms with Crippen LogP contribution in [-0.2, 0) is 6.54 Å². The summed E-state index contributed by atoms with van der Waals surface area (Å²) >= 11 is 0. The Kier molecular flexibility index (Phi) is 3.10. The summed E-state index contributed by atoms with van der Waals surface area (Å²) in [5.41, 5.74) is 5.20. The smallest absolute Gasteiger partial charge is 0.119 e. The zero-order valence-electron chi connectivity index (χ0n) is 9.95. The molecule has 0 bridgehead atoms. The van der Waals surface area contributed by atoms with Gasteiger partial charge in [-0.25, -0.2) is 0 Å². The van der Waals surface area contributed by atoms with Gasteiger partial charge in [-0.2, -0.15) is 0 Å². The monoisotopic (exact) mass is 203 g/mol. The van der Waals surface area contributed by atoms with Crippen molar-refractivity contribution in [1.82, 2.24) is 4.90 Å². The Morgan fingerprint density at radius 2 is 2.20 bits per heavy atom. The van der Waals surface area contributed by atoms with Crippen molar-refractivity contribution in [1.29, 1.82) is 0 Å². The van der Waals surface area contributed by atoms with Crippen molar-refractivity contribution in [3.63, 3.8) is 0 Å². The molecule has 1 heterocycles. The van der Waals surface area contributed by atoms with Crippen LogP contribution in [0.2, 0.25) is 1.41 Å². The van der Waals surface area contributed by atoms with Crippen LogP contribution in [0.5, 0.6) is 0 Å². The van der Waals surface area contributed by atoms with E-state index in [0.29, 0.717) is 6.54 Å². The number of nitrogens with zero attached hydrogens (tertiary/aromatic N) is 1. The maximum atomic E-state index is 6.96. The van der Waals surface area contributed by atoms with Gasteiger partial charge < -0.3 is 5.73 Å². The van der Waals surface area contributed by atoms with E-state index in [-0.39, 0.29) is 0 Å². The number of benzene rings is 1. The lowest BCUT2D eigenvalue weighted by Gasteiger charge is -2.25. The quantitative estimate of drug-likeness (QED) is 0.756. The van der Waals surface area contributed by atoms with Crippen LogP contribution in [0.1, 0.15) is 12.0 Å². The Morgan fingerprint density at radius 3 is 2.87 bits per heavy atom. The molecule has 0 saturated carbocycles. The molecule has 1 aromatic rings. The molecule has 1 aromatic carbocycles. The highest BCUT2D eigenvalue weighted by atomic mass is 15.1. The molecule has 0 radical (unpaired) electrons. The average molecular weight is 203 g/mol. The molecule has 0 atom stereocenters. The molecule has 0 amide bonds. The van der Waals surface area contributed by atoms with Gasteiger partial charge in [0.25, 0.3) is 0 Å². The van der Waals surface area contributed by atoms with E-state index >= 15 is 0 Å². The molecule has 2 nitrogen and oxygen atoms in total. The lowest BCUT2D eigenvalue weighted by Crippen LogP contribution is -2.29. The van der Waals surface area contributed by atoms with Crippen molar-refractivity contribution in [2.24, 2.45) is 5.73 Å². The van der Waals surface area contributed by atoms with Crippen molar-refractivity contribution in [3.8, 4) is 0 Å². The Balaban J connectivity index is 1.86. The second-order valence-corrected chi connectivity index (χ2v) is 4.01. The third kappa shape index (κ3) is 2.91. The highest BCUT2D eigenvalue weighted by molar-refractivity contribution is 5.16. The zero-order valence-corrected chi connectivity index (χ0v) is 8.95. The molecule has 2 heteroatoms. The third-order valence-corrected chi connectivity index (χ3v) is 2.86. The van der Waals surface area contributed by atoms with Gasteiger partial charge in [0, 0.05) is 26.2 Å². The van der Waals surface area contributed by atoms with Crippen LogP contribution in [0.4, 0.5) is 0 Å². The van der Waals surface area contributed by atoms with Gasteiger partial charge in [0.05, 0.1) is 0 Å². The summed E-state index contributed by atoms with van der Waals surface area (Å²) in [6.45, 7) is 3.84. The summed E-state index contributed by atoms with van der Waals surface area (Å²) in [5.74, 6) is 0. The predicted molar refractivity (Wildman–Crippen MR) is 63.5 cm³/mol. The second-order valence-electron chi connectivity index (χ2n) is 4.01. The van der Waals surface area contributed by atoms with Crippen LogP contribution in [-0.4, -0.2) is 24.5 Å². The highest BCUT2D eigenvalue weighted by Crippen LogP contribution is 2.12. The molecule has 0 saturated heterocycles. The predicted octanol–water partition coefficient (Wildman–Crippen LogP) is 1.78.